The largest absolute Gasteiger partial charge is 0.481 e. The Labute approximate surface area is 124 Å². The molecule has 2 aliphatic carbocycles. The van der Waals surface area contributed by atoms with Gasteiger partial charge in [0.25, 0.3) is 0 Å². The van der Waals surface area contributed by atoms with Gasteiger partial charge in [-0.2, -0.15) is 0 Å². The molecular weight excluding hydrogens is 266 g/mol. The number of carboxylic acid groups (broad SMARTS) is 1. The maximum atomic E-state index is 12.3. The molecule has 2 fully saturated rings. The van der Waals surface area contributed by atoms with Crippen LogP contribution in [0.3, 0.4) is 0 Å². The SMILES string of the molecule is O=C(O)CCC(NC(=O)C1CC1C1CC1)c1ccccc1. The average molecular weight is 287 g/mol. The van der Waals surface area contributed by atoms with Crippen LogP contribution in [0.25, 0.3) is 0 Å². The first-order chi connectivity index (χ1) is 10.1. The smallest absolute Gasteiger partial charge is 0.303 e. The molecule has 2 N–H and O–H groups in total. The van der Waals surface area contributed by atoms with Crippen molar-refractivity contribution in [3.05, 3.63) is 35.9 Å². The van der Waals surface area contributed by atoms with Crippen LogP contribution in [0.4, 0.5) is 0 Å². The second-order valence-electron chi connectivity index (χ2n) is 6.25. The molecular formula is C17H21NO3. The van der Waals surface area contributed by atoms with E-state index in [0.29, 0.717) is 12.3 Å². The van der Waals surface area contributed by atoms with Gasteiger partial charge in [-0.15, -0.1) is 0 Å². The van der Waals surface area contributed by atoms with E-state index in [0.717, 1.165) is 17.9 Å². The molecule has 2 saturated carbocycles. The van der Waals surface area contributed by atoms with E-state index in [1.54, 1.807) is 0 Å². The summed E-state index contributed by atoms with van der Waals surface area (Å²) in [5.41, 5.74) is 0.982. The molecule has 1 aromatic carbocycles. The number of rotatable bonds is 7. The highest BCUT2D eigenvalue weighted by Crippen LogP contribution is 2.54. The molecule has 0 aliphatic heterocycles. The van der Waals surface area contributed by atoms with Crippen LogP contribution < -0.4 is 5.32 Å². The van der Waals surface area contributed by atoms with Crippen LogP contribution in [-0.2, 0) is 9.59 Å². The number of benzene rings is 1. The van der Waals surface area contributed by atoms with E-state index in [1.165, 1.54) is 12.8 Å². The van der Waals surface area contributed by atoms with Crippen molar-refractivity contribution in [2.75, 3.05) is 0 Å². The van der Waals surface area contributed by atoms with Gasteiger partial charge < -0.3 is 10.4 Å². The summed E-state index contributed by atoms with van der Waals surface area (Å²) in [4.78, 5) is 23.1. The molecule has 2 aliphatic rings. The summed E-state index contributed by atoms with van der Waals surface area (Å²) in [7, 11) is 0. The molecule has 0 heterocycles. The van der Waals surface area contributed by atoms with Gasteiger partial charge in [0.15, 0.2) is 0 Å². The summed E-state index contributed by atoms with van der Waals surface area (Å²) in [6.07, 6.45) is 4.06. The number of hydrogen-bond donors (Lipinski definition) is 2. The van der Waals surface area contributed by atoms with Crippen LogP contribution in [0.15, 0.2) is 30.3 Å². The van der Waals surface area contributed by atoms with Crippen molar-refractivity contribution in [3.63, 3.8) is 0 Å². The van der Waals surface area contributed by atoms with E-state index in [4.69, 9.17) is 5.11 Å². The molecule has 0 spiro atoms. The van der Waals surface area contributed by atoms with Gasteiger partial charge in [-0.3, -0.25) is 9.59 Å². The fourth-order valence-corrected chi connectivity index (χ4v) is 3.12. The summed E-state index contributed by atoms with van der Waals surface area (Å²) in [6, 6.07) is 9.44. The summed E-state index contributed by atoms with van der Waals surface area (Å²) in [5.74, 6) is 0.794. The van der Waals surface area contributed by atoms with E-state index >= 15 is 0 Å². The Morgan fingerprint density at radius 1 is 1.24 bits per heavy atom. The third-order valence-electron chi connectivity index (χ3n) is 4.57. The third-order valence-corrected chi connectivity index (χ3v) is 4.57. The summed E-state index contributed by atoms with van der Waals surface area (Å²) >= 11 is 0. The first kappa shape index (κ1) is 14.1. The lowest BCUT2D eigenvalue weighted by Gasteiger charge is -2.18. The number of amides is 1. The van der Waals surface area contributed by atoms with Crippen LogP contribution in [0, 0.1) is 17.8 Å². The molecule has 4 nitrogen and oxygen atoms in total. The quantitative estimate of drug-likeness (QED) is 0.810. The van der Waals surface area contributed by atoms with Crippen LogP contribution >= 0.6 is 0 Å². The first-order valence-corrected chi connectivity index (χ1v) is 7.72. The number of aliphatic carboxylic acids is 1. The minimum atomic E-state index is -0.826. The van der Waals surface area contributed by atoms with Crippen molar-refractivity contribution in [1.82, 2.24) is 5.32 Å². The van der Waals surface area contributed by atoms with E-state index in [2.05, 4.69) is 5.32 Å². The van der Waals surface area contributed by atoms with Crippen LogP contribution in [-0.4, -0.2) is 17.0 Å². The van der Waals surface area contributed by atoms with Gasteiger partial charge in [0.05, 0.1) is 6.04 Å². The third kappa shape index (κ3) is 3.63. The van der Waals surface area contributed by atoms with Gasteiger partial charge in [0, 0.05) is 12.3 Å². The molecule has 1 amide bonds. The van der Waals surface area contributed by atoms with Crippen molar-refractivity contribution in [2.45, 2.75) is 38.1 Å². The maximum Gasteiger partial charge on any atom is 0.303 e. The highest BCUT2D eigenvalue weighted by atomic mass is 16.4. The van der Waals surface area contributed by atoms with Gasteiger partial charge in [0.2, 0.25) is 5.91 Å². The fourth-order valence-electron chi connectivity index (χ4n) is 3.12. The van der Waals surface area contributed by atoms with Gasteiger partial charge >= 0.3 is 5.97 Å². The highest BCUT2D eigenvalue weighted by Gasteiger charge is 2.51. The second kappa shape index (κ2) is 5.88. The molecule has 0 radical (unpaired) electrons. The first-order valence-electron chi connectivity index (χ1n) is 7.72. The molecule has 1 aromatic rings. The number of carbonyl (C=O) groups excluding carboxylic acids is 1. The lowest BCUT2D eigenvalue weighted by molar-refractivity contribution is -0.137. The summed E-state index contributed by atoms with van der Waals surface area (Å²) < 4.78 is 0. The molecule has 21 heavy (non-hydrogen) atoms. The van der Waals surface area contributed by atoms with Gasteiger partial charge in [-0.05, 0) is 43.1 Å². The average Bonchev–Trinajstić information content (AvgIpc) is 3.35. The minimum absolute atomic E-state index is 0.0660. The van der Waals surface area contributed by atoms with Gasteiger partial charge in [-0.1, -0.05) is 30.3 Å². The van der Waals surface area contributed by atoms with Crippen molar-refractivity contribution >= 4 is 11.9 Å². The summed E-state index contributed by atoms with van der Waals surface area (Å²) in [5, 5.41) is 11.9. The topological polar surface area (TPSA) is 66.4 Å². The molecule has 3 rings (SSSR count). The number of carbonyl (C=O) groups is 2. The molecule has 4 heteroatoms. The van der Waals surface area contributed by atoms with E-state index in [9.17, 15) is 9.59 Å². The van der Waals surface area contributed by atoms with Gasteiger partial charge in [-0.25, -0.2) is 0 Å². The van der Waals surface area contributed by atoms with Crippen LogP contribution in [0.2, 0.25) is 0 Å². The molecule has 112 valence electrons. The highest BCUT2D eigenvalue weighted by molar-refractivity contribution is 5.82. The Morgan fingerprint density at radius 3 is 2.57 bits per heavy atom. The minimum Gasteiger partial charge on any atom is -0.481 e. The lowest BCUT2D eigenvalue weighted by atomic mass is 10.0. The molecule has 3 atom stereocenters. The summed E-state index contributed by atoms with van der Waals surface area (Å²) in [6.45, 7) is 0. The van der Waals surface area contributed by atoms with Crippen molar-refractivity contribution in [3.8, 4) is 0 Å². The Bertz CT molecular complexity index is 524. The molecule has 0 saturated heterocycles. The van der Waals surface area contributed by atoms with Crippen molar-refractivity contribution in [2.24, 2.45) is 17.8 Å². The normalized spacial score (nSPS) is 25.1. The molecule has 3 unspecified atom stereocenters. The maximum absolute atomic E-state index is 12.3. The fraction of sp³-hybridized carbons (Fsp3) is 0.529. The monoisotopic (exact) mass is 287 g/mol. The van der Waals surface area contributed by atoms with Crippen LogP contribution in [0.1, 0.15) is 43.7 Å². The number of nitrogens with one attached hydrogen (secondary N) is 1. The zero-order valence-corrected chi connectivity index (χ0v) is 12.0. The van der Waals surface area contributed by atoms with Crippen molar-refractivity contribution in [1.29, 1.82) is 0 Å². The van der Waals surface area contributed by atoms with E-state index < -0.39 is 5.97 Å². The lowest BCUT2D eigenvalue weighted by Crippen LogP contribution is -2.30. The number of hydrogen-bond acceptors (Lipinski definition) is 2. The zero-order chi connectivity index (χ0) is 14.8. The Morgan fingerprint density at radius 2 is 1.95 bits per heavy atom. The van der Waals surface area contributed by atoms with Gasteiger partial charge in [0.1, 0.15) is 0 Å². The Hall–Kier alpha value is -1.84. The Balaban J connectivity index is 1.61. The van der Waals surface area contributed by atoms with Crippen LogP contribution in [0.5, 0.6) is 0 Å². The number of carboxylic acids is 1. The zero-order valence-electron chi connectivity index (χ0n) is 12.0. The molecule has 0 aromatic heterocycles. The standard InChI is InChI=1S/C17H21NO3/c19-16(20)9-8-15(12-4-2-1-3-5-12)18-17(21)14-10-13(14)11-6-7-11/h1-5,11,13-15H,6-10H2,(H,18,21)(H,19,20). The second-order valence-corrected chi connectivity index (χ2v) is 6.25. The van der Waals surface area contributed by atoms with E-state index in [-0.39, 0.29) is 24.3 Å². The van der Waals surface area contributed by atoms with E-state index in [1.807, 2.05) is 30.3 Å². The Kier molecular flexibility index (Phi) is 3.95. The molecule has 0 bridgehead atoms. The predicted molar refractivity (Wildman–Crippen MR) is 78.5 cm³/mol. The predicted octanol–water partition coefficient (Wildman–Crippen LogP) is 2.75. The van der Waals surface area contributed by atoms with Crippen molar-refractivity contribution < 1.29 is 14.7 Å².